The van der Waals surface area contributed by atoms with Gasteiger partial charge in [0.2, 0.25) is 0 Å². The van der Waals surface area contributed by atoms with Gasteiger partial charge in [0.15, 0.2) is 0 Å². The number of aliphatic hydroxyl groups is 1. The Morgan fingerprint density at radius 2 is 2.07 bits per heavy atom. The van der Waals surface area contributed by atoms with Gasteiger partial charge in [-0.2, -0.15) is 0 Å². The van der Waals surface area contributed by atoms with Crippen LogP contribution in [0.2, 0.25) is 0 Å². The second kappa shape index (κ2) is 7.49. The molecule has 0 bridgehead atoms. The first-order valence-corrected chi connectivity index (χ1v) is 10.9. The molecule has 3 aromatic rings. The Labute approximate surface area is 162 Å². The number of fused-ring (bicyclic) bond motifs is 1. The molecule has 1 saturated heterocycles. The van der Waals surface area contributed by atoms with Gasteiger partial charge in [0, 0.05) is 51.6 Å². The number of hydrogen-bond donors (Lipinski definition) is 2. The highest BCUT2D eigenvalue weighted by Gasteiger charge is 2.24. The van der Waals surface area contributed by atoms with Crippen molar-refractivity contribution in [1.82, 2.24) is 4.98 Å². The van der Waals surface area contributed by atoms with E-state index in [0.29, 0.717) is 12.3 Å². The highest BCUT2D eigenvalue weighted by Crippen LogP contribution is 2.36. The van der Waals surface area contributed by atoms with Crippen molar-refractivity contribution in [3.05, 3.63) is 48.0 Å². The topological polar surface area (TPSA) is 56.3 Å². The molecule has 5 heteroatoms. The van der Waals surface area contributed by atoms with Crippen LogP contribution in [0.25, 0.3) is 22.2 Å². The number of aromatic amines is 1. The van der Waals surface area contributed by atoms with Crippen molar-refractivity contribution < 1.29 is 9.32 Å². The zero-order valence-corrected chi connectivity index (χ0v) is 16.7. The molecule has 0 spiro atoms. The average molecular weight is 383 g/mol. The van der Waals surface area contributed by atoms with Crippen LogP contribution in [0.15, 0.2) is 47.4 Å². The van der Waals surface area contributed by atoms with Crippen LogP contribution in [-0.2, 0) is 10.8 Å². The van der Waals surface area contributed by atoms with Gasteiger partial charge >= 0.3 is 0 Å². The minimum Gasteiger partial charge on any atom is -0.391 e. The van der Waals surface area contributed by atoms with Crippen LogP contribution in [0.5, 0.6) is 0 Å². The molecule has 0 saturated carbocycles. The van der Waals surface area contributed by atoms with Crippen LogP contribution < -0.4 is 4.90 Å². The number of aliphatic hydroxyl groups excluding tert-OH is 1. The number of nitrogens with one attached hydrogen (secondary N) is 1. The molecule has 142 valence electrons. The largest absolute Gasteiger partial charge is 0.391 e. The maximum Gasteiger partial charge on any atom is 0.0731 e. The van der Waals surface area contributed by atoms with Gasteiger partial charge < -0.3 is 15.0 Å². The van der Waals surface area contributed by atoms with Crippen LogP contribution >= 0.6 is 0 Å². The maximum absolute atomic E-state index is 12.6. The van der Waals surface area contributed by atoms with Crippen molar-refractivity contribution in [2.24, 2.45) is 0 Å². The van der Waals surface area contributed by atoms with E-state index in [9.17, 15) is 9.32 Å². The second-order valence-electron chi connectivity index (χ2n) is 7.39. The van der Waals surface area contributed by atoms with Gasteiger partial charge in [0.25, 0.3) is 0 Å². The average Bonchev–Trinajstić information content (AvgIpc) is 3.27. The van der Waals surface area contributed by atoms with Crippen molar-refractivity contribution in [3.63, 3.8) is 0 Å². The predicted molar refractivity (Wildman–Crippen MR) is 113 cm³/mol. The van der Waals surface area contributed by atoms with E-state index in [4.69, 9.17) is 0 Å². The summed E-state index contributed by atoms with van der Waals surface area (Å²) in [6.45, 7) is 5.62. The van der Waals surface area contributed by atoms with E-state index in [1.54, 1.807) is 0 Å². The number of hydrogen-bond acceptors (Lipinski definition) is 3. The van der Waals surface area contributed by atoms with Crippen molar-refractivity contribution in [1.29, 1.82) is 0 Å². The summed E-state index contributed by atoms with van der Waals surface area (Å²) in [5.74, 6) is 0.674. The summed E-state index contributed by atoms with van der Waals surface area (Å²) in [6.07, 6.45) is 1.40. The fourth-order valence-electron chi connectivity index (χ4n) is 3.80. The molecule has 1 aliphatic rings. The standard InChI is InChI=1S/C22H26N2O2S/c1-3-10-27(26)18-6-7-22(24-9-8-17(25)14-24)19(13-18)21-12-16-5-4-15(2)11-20(16)23-21/h4-7,11-13,17,23,25H,3,8-10,14H2,1-2H3. The third kappa shape index (κ3) is 3.66. The number of nitrogens with zero attached hydrogens (tertiary/aromatic N) is 1. The maximum atomic E-state index is 12.6. The number of aromatic nitrogens is 1. The highest BCUT2D eigenvalue weighted by atomic mass is 32.2. The SMILES string of the molecule is CCCS(=O)c1ccc(N2CCC(O)C2)c(-c2cc3ccc(C)cc3[nH]2)c1. The fourth-order valence-corrected chi connectivity index (χ4v) is 4.87. The highest BCUT2D eigenvalue weighted by molar-refractivity contribution is 7.85. The smallest absolute Gasteiger partial charge is 0.0731 e. The molecule has 0 radical (unpaired) electrons. The molecular weight excluding hydrogens is 356 g/mol. The second-order valence-corrected chi connectivity index (χ2v) is 8.96. The number of aryl methyl sites for hydroxylation is 1. The summed E-state index contributed by atoms with van der Waals surface area (Å²) in [6, 6.07) is 14.6. The predicted octanol–water partition coefficient (Wildman–Crippen LogP) is 4.23. The van der Waals surface area contributed by atoms with Crippen LogP contribution in [0.4, 0.5) is 5.69 Å². The molecule has 2 aromatic carbocycles. The van der Waals surface area contributed by atoms with Gasteiger partial charge in [-0.05, 0) is 55.7 Å². The van der Waals surface area contributed by atoms with Crippen LogP contribution in [0.1, 0.15) is 25.3 Å². The molecule has 27 heavy (non-hydrogen) atoms. The van der Waals surface area contributed by atoms with Crippen LogP contribution in [0.3, 0.4) is 0 Å². The van der Waals surface area contributed by atoms with Crippen molar-refractivity contribution >= 4 is 27.4 Å². The summed E-state index contributed by atoms with van der Waals surface area (Å²) in [4.78, 5) is 6.63. The number of rotatable bonds is 5. The number of anilines is 1. The quantitative estimate of drug-likeness (QED) is 0.694. The molecular formula is C22H26N2O2S. The third-order valence-corrected chi connectivity index (χ3v) is 6.75. The molecule has 0 aliphatic carbocycles. The minimum atomic E-state index is -0.987. The molecule has 1 fully saturated rings. The van der Waals surface area contributed by atoms with Crippen LogP contribution in [0, 0.1) is 6.92 Å². The zero-order chi connectivity index (χ0) is 19.0. The molecule has 2 N–H and O–H groups in total. The molecule has 1 aromatic heterocycles. The normalized spacial score (nSPS) is 18.3. The summed E-state index contributed by atoms with van der Waals surface area (Å²) < 4.78 is 12.6. The van der Waals surface area contributed by atoms with E-state index in [1.807, 2.05) is 6.07 Å². The molecule has 4 nitrogen and oxygen atoms in total. The Morgan fingerprint density at radius 3 is 2.81 bits per heavy atom. The van der Waals surface area contributed by atoms with Gasteiger partial charge in [-0.25, -0.2) is 0 Å². The molecule has 0 amide bonds. The first kappa shape index (κ1) is 18.3. The van der Waals surface area contributed by atoms with E-state index in [2.05, 4.69) is 60.1 Å². The lowest BCUT2D eigenvalue weighted by Gasteiger charge is -2.22. The number of benzene rings is 2. The van der Waals surface area contributed by atoms with Gasteiger partial charge in [-0.15, -0.1) is 0 Å². The number of H-pyrrole nitrogens is 1. The lowest BCUT2D eigenvalue weighted by molar-refractivity contribution is 0.198. The molecule has 4 rings (SSSR count). The zero-order valence-electron chi connectivity index (χ0n) is 15.9. The van der Waals surface area contributed by atoms with E-state index >= 15 is 0 Å². The molecule has 2 heterocycles. The van der Waals surface area contributed by atoms with Crippen molar-refractivity contribution in [3.8, 4) is 11.3 Å². The van der Waals surface area contributed by atoms with Gasteiger partial charge in [-0.3, -0.25) is 4.21 Å². The Balaban J connectivity index is 1.83. The van der Waals surface area contributed by atoms with E-state index < -0.39 is 10.8 Å². The Morgan fingerprint density at radius 1 is 1.22 bits per heavy atom. The minimum absolute atomic E-state index is 0.280. The Hall–Kier alpha value is -2.11. The van der Waals surface area contributed by atoms with Gasteiger partial charge in [0.05, 0.1) is 16.9 Å². The molecule has 1 aliphatic heterocycles. The lowest BCUT2D eigenvalue weighted by Crippen LogP contribution is -2.22. The van der Waals surface area contributed by atoms with Gasteiger partial charge in [-0.1, -0.05) is 19.1 Å². The lowest BCUT2D eigenvalue weighted by atomic mass is 10.1. The first-order chi connectivity index (χ1) is 13.0. The summed E-state index contributed by atoms with van der Waals surface area (Å²) >= 11 is 0. The first-order valence-electron chi connectivity index (χ1n) is 9.60. The van der Waals surface area contributed by atoms with Crippen LogP contribution in [-0.4, -0.2) is 39.2 Å². The summed E-state index contributed by atoms with van der Waals surface area (Å²) in [5.41, 5.74) is 5.50. The Bertz CT molecular complexity index is 995. The van der Waals surface area contributed by atoms with Gasteiger partial charge in [0.1, 0.15) is 0 Å². The Kier molecular flexibility index (Phi) is 5.06. The van der Waals surface area contributed by atoms with Crippen molar-refractivity contribution in [2.45, 2.75) is 37.7 Å². The molecule has 2 atom stereocenters. The number of β-amino-alcohol motifs (C(OH)–C–C–N with tert-alkyl or cyclic N) is 1. The monoisotopic (exact) mass is 382 g/mol. The van der Waals surface area contributed by atoms with E-state index in [1.165, 1.54) is 10.9 Å². The summed E-state index contributed by atoms with van der Waals surface area (Å²) in [5, 5.41) is 11.2. The van der Waals surface area contributed by atoms with E-state index in [-0.39, 0.29) is 6.10 Å². The summed E-state index contributed by atoms with van der Waals surface area (Å²) in [7, 11) is -0.987. The van der Waals surface area contributed by atoms with Crippen molar-refractivity contribution in [2.75, 3.05) is 23.7 Å². The third-order valence-electron chi connectivity index (χ3n) is 5.19. The van der Waals surface area contributed by atoms with E-state index in [0.717, 1.165) is 46.7 Å². The molecule has 2 unspecified atom stereocenters. The fraction of sp³-hybridized carbons (Fsp3) is 0.364.